The predicted octanol–water partition coefficient (Wildman–Crippen LogP) is 3.04. The zero-order chi connectivity index (χ0) is 12.0. The molecule has 0 amide bonds. The molecule has 0 saturated carbocycles. The highest BCUT2D eigenvalue weighted by atomic mass is 14.9. The van der Waals surface area contributed by atoms with E-state index in [0.29, 0.717) is 11.5 Å². The lowest BCUT2D eigenvalue weighted by Gasteiger charge is -2.30. The molecule has 0 radical (unpaired) electrons. The molecule has 1 heterocycles. The number of hydrogen-bond acceptors (Lipinski definition) is 2. The van der Waals surface area contributed by atoms with Gasteiger partial charge >= 0.3 is 0 Å². The van der Waals surface area contributed by atoms with Crippen molar-refractivity contribution in [1.82, 2.24) is 10.3 Å². The molecule has 0 aromatic carbocycles. The lowest BCUT2D eigenvalue weighted by molar-refractivity contribution is 0.263. The Bertz CT molecular complexity index is 287. The molecule has 90 valence electrons. The minimum Gasteiger partial charge on any atom is -0.316 e. The molecule has 1 rings (SSSR count). The average molecular weight is 220 g/mol. The lowest BCUT2D eigenvalue weighted by Crippen LogP contribution is -2.37. The van der Waals surface area contributed by atoms with Crippen LogP contribution in [0.4, 0.5) is 0 Å². The molecule has 0 saturated heterocycles. The monoisotopic (exact) mass is 220 g/mol. The molecule has 2 nitrogen and oxygen atoms in total. The van der Waals surface area contributed by atoms with Crippen LogP contribution in [0.25, 0.3) is 0 Å². The van der Waals surface area contributed by atoms with E-state index in [4.69, 9.17) is 0 Å². The summed E-state index contributed by atoms with van der Waals surface area (Å²) in [4.78, 5) is 4.03. The van der Waals surface area contributed by atoms with Crippen LogP contribution in [0.2, 0.25) is 0 Å². The Labute approximate surface area is 99.5 Å². The van der Waals surface area contributed by atoms with Crippen LogP contribution in [-0.4, -0.2) is 18.1 Å². The number of rotatable bonds is 5. The molecule has 1 unspecified atom stereocenters. The summed E-state index contributed by atoms with van der Waals surface area (Å²) in [6.45, 7) is 6.88. The molecule has 1 aromatic heterocycles. The maximum Gasteiger partial charge on any atom is 0.0270 e. The molecular formula is C14H24N2. The van der Waals surface area contributed by atoms with Crippen LogP contribution in [0.15, 0.2) is 24.5 Å². The number of aromatic nitrogens is 1. The summed E-state index contributed by atoms with van der Waals surface area (Å²) in [5.74, 6) is 0. The molecule has 1 atom stereocenters. The van der Waals surface area contributed by atoms with Gasteiger partial charge in [0.05, 0.1) is 0 Å². The molecule has 0 aliphatic rings. The van der Waals surface area contributed by atoms with Gasteiger partial charge in [0.1, 0.15) is 0 Å². The second-order valence-electron chi connectivity index (χ2n) is 5.45. The standard InChI is InChI=1S/C14H24N2/c1-14(2,3)13(15-4)7-5-6-12-8-10-16-11-9-12/h8-11,13,15H,5-7H2,1-4H3. The predicted molar refractivity (Wildman–Crippen MR) is 69.5 cm³/mol. The molecule has 0 spiro atoms. The van der Waals surface area contributed by atoms with Gasteiger partial charge in [-0.25, -0.2) is 0 Å². The van der Waals surface area contributed by atoms with Crippen LogP contribution < -0.4 is 5.32 Å². The third-order valence-corrected chi connectivity index (χ3v) is 3.10. The Morgan fingerprint density at radius 1 is 1.25 bits per heavy atom. The Hall–Kier alpha value is -0.890. The summed E-state index contributed by atoms with van der Waals surface area (Å²) in [5, 5.41) is 3.42. The van der Waals surface area contributed by atoms with Crippen molar-refractivity contribution in [2.75, 3.05) is 7.05 Å². The van der Waals surface area contributed by atoms with Gasteiger partial charge in [0.25, 0.3) is 0 Å². The van der Waals surface area contributed by atoms with Crippen molar-refractivity contribution in [2.24, 2.45) is 5.41 Å². The second kappa shape index (κ2) is 6.00. The smallest absolute Gasteiger partial charge is 0.0270 e. The van der Waals surface area contributed by atoms with E-state index < -0.39 is 0 Å². The number of nitrogens with one attached hydrogen (secondary N) is 1. The van der Waals surface area contributed by atoms with E-state index in [1.165, 1.54) is 18.4 Å². The summed E-state index contributed by atoms with van der Waals surface area (Å²) in [6.07, 6.45) is 7.34. The Kier molecular flexibility index (Phi) is 4.94. The highest BCUT2D eigenvalue weighted by molar-refractivity contribution is 5.09. The molecule has 16 heavy (non-hydrogen) atoms. The fourth-order valence-corrected chi connectivity index (χ4v) is 2.07. The third-order valence-electron chi connectivity index (χ3n) is 3.10. The molecule has 1 N–H and O–H groups in total. The van der Waals surface area contributed by atoms with E-state index in [1.54, 1.807) is 0 Å². The molecule has 0 bridgehead atoms. The van der Waals surface area contributed by atoms with E-state index in [1.807, 2.05) is 12.4 Å². The maximum absolute atomic E-state index is 4.03. The number of pyridine rings is 1. The summed E-state index contributed by atoms with van der Waals surface area (Å²) in [6, 6.07) is 4.80. The SMILES string of the molecule is CNC(CCCc1ccncc1)C(C)(C)C. The van der Waals surface area contributed by atoms with Crippen molar-refractivity contribution in [3.63, 3.8) is 0 Å². The van der Waals surface area contributed by atoms with Crippen molar-refractivity contribution < 1.29 is 0 Å². The minimum atomic E-state index is 0.340. The summed E-state index contributed by atoms with van der Waals surface area (Å²) < 4.78 is 0. The van der Waals surface area contributed by atoms with Crippen LogP contribution in [0.3, 0.4) is 0 Å². The largest absolute Gasteiger partial charge is 0.316 e. The van der Waals surface area contributed by atoms with Crippen molar-refractivity contribution in [3.05, 3.63) is 30.1 Å². The van der Waals surface area contributed by atoms with Crippen molar-refractivity contribution in [3.8, 4) is 0 Å². The number of hydrogen-bond donors (Lipinski definition) is 1. The van der Waals surface area contributed by atoms with E-state index in [2.05, 4.69) is 50.3 Å². The Morgan fingerprint density at radius 3 is 2.38 bits per heavy atom. The summed E-state index contributed by atoms with van der Waals surface area (Å²) in [7, 11) is 2.06. The first-order valence-electron chi connectivity index (χ1n) is 6.10. The molecule has 0 aliphatic heterocycles. The molecule has 0 aliphatic carbocycles. The maximum atomic E-state index is 4.03. The van der Waals surface area contributed by atoms with Crippen LogP contribution in [-0.2, 0) is 6.42 Å². The first-order chi connectivity index (χ1) is 7.54. The average Bonchev–Trinajstić information content (AvgIpc) is 2.24. The first-order valence-corrected chi connectivity index (χ1v) is 6.10. The van der Waals surface area contributed by atoms with Gasteiger partial charge in [-0.3, -0.25) is 4.98 Å². The zero-order valence-electron chi connectivity index (χ0n) is 11.0. The fourth-order valence-electron chi connectivity index (χ4n) is 2.07. The molecular weight excluding hydrogens is 196 g/mol. The van der Waals surface area contributed by atoms with Crippen LogP contribution in [0.1, 0.15) is 39.2 Å². The van der Waals surface area contributed by atoms with E-state index in [0.717, 1.165) is 6.42 Å². The minimum absolute atomic E-state index is 0.340. The quantitative estimate of drug-likeness (QED) is 0.825. The second-order valence-corrected chi connectivity index (χ2v) is 5.45. The van der Waals surface area contributed by atoms with Crippen LogP contribution >= 0.6 is 0 Å². The van der Waals surface area contributed by atoms with E-state index in [-0.39, 0.29) is 0 Å². The van der Waals surface area contributed by atoms with Crippen LogP contribution in [0, 0.1) is 5.41 Å². The number of aryl methyl sites for hydroxylation is 1. The van der Waals surface area contributed by atoms with Crippen molar-refractivity contribution in [2.45, 2.75) is 46.1 Å². The van der Waals surface area contributed by atoms with Gasteiger partial charge in [-0.2, -0.15) is 0 Å². The van der Waals surface area contributed by atoms with Crippen LogP contribution in [0.5, 0.6) is 0 Å². The van der Waals surface area contributed by atoms with Gasteiger partial charge in [-0.15, -0.1) is 0 Å². The Balaban J connectivity index is 2.35. The molecule has 0 fully saturated rings. The van der Waals surface area contributed by atoms with Gasteiger partial charge in [0.2, 0.25) is 0 Å². The van der Waals surface area contributed by atoms with Crippen molar-refractivity contribution >= 4 is 0 Å². The summed E-state index contributed by atoms with van der Waals surface area (Å²) >= 11 is 0. The van der Waals surface area contributed by atoms with Gasteiger partial charge in [0, 0.05) is 18.4 Å². The topological polar surface area (TPSA) is 24.9 Å². The lowest BCUT2D eigenvalue weighted by atomic mass is 9.83. The van der Waals surface area contributed by atoms with Gasteiger partial charge < -0.3 is 5.32 Å². The van der Waals surface area contributed by atoms with Gasteiger partial charge in [-0.05, 0) is 49.4 Å². The van der Waals surface area contributed by atoms with Crippen molar-refractivity contribution in [1.29, 1.82) is 0 Å². The molecule has 1 aromatic rings. The Morgan fingerprint density at radius 2 is 1.88 bits per heavy atom. The third kappa shape index (κ3) is 4.31. The van der Waals surface area contributed by atoms with Gasteiger partial charge in [0.15, 0.2) is 0 Å². The molecule has 2 heteroatoms. The van der Waals surface area contributed by atoms with E-state index >= 15 is 0 Å². The zero-order valence-corrected chi connectivity index (χ0v) is 11.0. The van der Waals surface area contributed by atoms with Gasteiger partial charge in [-0.1, -0.05) is 20.8 Å². The highest BCUT2D eigenvalue weighted by Gasteiger charge is 2.21. The normalized spacial score (nSPS) is 13.8. The summed E-state index contributed by atoms with van der Waals surface area (Å²) in [5.41, 5.74) is 1.73. The van der Waals surface area contributed by atoms with E-state index in [9.17, 15) is 0 Å². The highest BCUT2D eigenvalue weighted by Crippen LogP contribution is 2.23. The first kappa shape index (κ1) is 13.2. The number of nitrogens with zero attached hydrogens (tertiary/aromatic N) is 1. The fraction of sp³-hybridized carbons (Fsp3) is 0.643.